The average Bonchev–Trinajstić information content (AvgIpc) is 2.45. The third-order valence-electron chi connectivity index (χ3n) is 2.49. The molecule has 1 radical (unpaired) electrons. The van der Waals surface area contributed by atoms with E-state index >= 15 is 0 Å². The van der Waals surface area contributed by atoms with Gasteiger partial charge in [-0.05, 0) is 6.07 Å². The average molecular weight is 604 g/mol. The van der Waals surface area contributed by atoms with Crippen LogP contribution in [0.1, 0.15) is 23.0 Å². The standard InChI is InChI=1S/C14H8ClF3N2O.U.V/c15-11-6-10(14(16,17)18)7-19-12(11)8-20-13(21)9-4-2-1-3-5-9;;/h2-4,6-7H,8H2,(H,20,21);;/q-2;;/i4T;;. The molecule has 0 saturated carbocycles. The fourth-order valence-corrected chi connectivity index (χ4v) is 1.68. The molecule has 0 fully saturated rings. The molecule has 0 aliphatic rings. The van der Waals surface area contributed by atoms with Gasteiger partial charge in [-0.25, -0.2) is 0 Å². The Labute approximate surface area is 173 Å². The Morgan fingerprint density at radius 3 is 2.74 bits per heavy atom. The minimum atomic E-state index is -4.53. The maximum absolute atomic E-state index is 12.5. The van der Waals surface area contributed by atoms with Crippen molar-refractivity contribution in [3.63, 3.8) is 0 Å². The van der Waals surface area contributed by atoms with Gasteiger partial charge in [0.05, 0.1) is 22.8 Å². The molecule has 0 unspecified atom stereocenters. The van der Waals surface area contributed by atoms with Gasteiger partial charge in [-0.2, -0.15) is 18.7 Å². The molecule has 9 heteroatoms. The van der Waals surface area contributed by atoms with Crippen molar-refractivity contribution in [2.75, 3.05) is 0 Å². The molecule has 119 valence electrons. The summed E-state index contributed by atoms with van der Waals surface area (Å²) in [6.45, 7) is -0.165. The van der Waals surface area contributed by atoms with Gasteiger partial charge in [-0.15, -0.1) is 1.37 Å². The number of nitrogens with zero attached hydrogens (tertiary/aromatic N) is 1. The van der Waals surface area contributed by atoms with Crippen LogP contribution in [-0.4, -0.2) is 10.9 Å². The first-order chi connectivity index (χ1) is 10.3. The number of nitrogens with one attached hydrogen (secondary N) is 1. The molecular weight excluding hydrogens is 594 g/mol. The smallest absolute Gasteiger partial charge is 0.359 e. The quantitative estimate of drug-likeness (QED) is 0.548. The Morgan fingerprint density at radius 1 is 1.48 bits per heavy atom. The SMILES string of the molecule is [3H]c1c[c-]c[c-]c1C(=O)NCc1ncc(C(F)(F)F)cc1Cl.[U].[V]. The fraction of sp³-hybridized carbons (Fsp3) is 0.143. The molecule has 2 aromatic rings. The molecule has 0 aliphatic heterocycles. The van der Waals surface area contributed by atoms with Crippen molar-refractivity contribution in [1.82, 2.24) is 10.3 Å². The van der Waals surface area contributed by atoms with Gasteiger partial charge in [0, 0.05) is 55.9 Å². The maximum atomic E-state index is 12.5. The van der Waals surface area contributed by atoms with Crippen LogP contribution in [0.15, 0.2) is 30.4 Å². The number of amides is 1. The van der Waals surface area contributed by atoms with Crippen molar-refractivity contribution in [3.8, 4) is 0 Å². The summed E-state index contributed by atoms with van der Waals surface area (Å²) in [5, 5.41) is 2.22. The van der Waals surface area contributed by atoms with Crippen LogP contribution in [0, 0.1) is 43.2 Å². The third kappa shape index (κ3) is 6.52. The van der Waals surface area contributed by atoms with Crippen molar-refractivity contribution in [3.05, 3.63) is 64.4 Å². The number of benzene rings is 1. The van der Waals surface area contributed by atoms with E-state index in [0.717, 1.165) is 6.07 Å². The van der Waals surface area contributed by atoms with E-state index in [1.54, 1.807) is 0 Å². The van der Waals surface area contributed by atoms with Crippen LogP contribution in [-0.2, 0) is 31.3 Å². The van der Waals surface area contributed by atoms with Gasteiger partial charge in [0.25, 0.3) is 0 Å². The molecule has 1 amide bonds. The van der Waals surface area contributed by atoms with Crippen LogP contribution in [0.25, 0.3) is 0 Å². The van der Waals surface area contributed by atoms with E-state index in [2.05, 4.69) is 22.4 Å². The zero-order valence-electron chi connectivity index (χ0n) is 12.3. The van der Waals surface area contributed by atoms with Crippen LogP contribution in [0.2, 0.25) is 5.02 Å². The first kappa shape index (κ1) is 20.6. The number of rotatable bonds is 3. The van der Waals surface area contributed by atoms with Crippen LogP contribution >= 0.6 is 11.6 Å². The molecular formula is C14H8ClF3N2OUV-2. The van der Waals surface area contributed by atoms with Crippen LogP contribution < -0.4 is 5.32 Å². The van der Waals surface area contributed by atoms with Crippen LogP contribution in [0.3, 0.4) is 0 Å². The number of hydrogen-bond acceptors (Lipinski definition) is 2. The number of pyridine rings is 1. The summed E-state index contributed by atoms with van der Waals surface area (Å²) in [5.41, 5.74) is -0.869. The maximum Gasteiger partial charge on any atom is 0.417 e. The second kappa shape index (κ2) is 9.76. The molecule has 1 N–H and O–H groups in total. The van der Waals surface area contributed by atoms with E-state index in [0.29, 0.717) is 6.20 Å². The molecule has 0 saturated heterocycles. The largest absolute Gasteiger partial charge is 0.417 e. The number of hydrogen-bond donors (Lipinski definition) is 1. The van der Waals surface area contributed by atoms with Gasteiger partial charge in [0.1, 0.15) is 0 Å². The van der Waals surface area contributed by atoms with Crippen molar-refractivity contribution in [2.45, 2.75) is 12.7 Å². The molecule has 0 bridgehead atoms. The second-order valence-corrected chi connectivity index (χ2v) is 4.36. The van der Waals surface area contributed by atoms with E-state index in [1.807, 2.05) is 0 Å². The monoisotopic (exact) mass is 603 g/mol. The summed E-state index contributed by atoms with van der Waals surface area (Å²) in [5.74, 6) is -0.600. The first-order valence-electron chi connectivity index (χ1n) is 6.17. The summed E-state index contributed by atoms with van der Waals surface area (Å²) in [4.78, 5) is 15.5. The minimum Gasteiger partial charge on any atom is -0.359 e. The topological polar surface area (TPSA) is 42.0 Å². The Hall–Kier alpha value is -0.444. The number of aromatic nitrogens is 1. The van der Waals surface area contributed by atoms with Gasteiger partial charge >= 0.3 is 6.18 Å². The predicted octanol–water partition coefficient (Wildman–Crippen LogP) is 3.28. The van der Waals surface area contributed by atoms with Gasteiger partial charge in [-0.3, -0.25) is 21.9 Å². The molecule has 0 spiro atoms. The molecule has 0 aliphatic carbocycles. The number of alkyl halides is 3. The Kier molecular flexibility index (Phi) is 8.74. The molecule has 1 aromatic carbocycles. The molecule has 3 nitrogen and oxygen atoms in total. The number of carbonyl (C=O) groups excluding carboxylic acids is 1. The number of halogens is 4. The molecule has 1 heterocycles. The molecule has 1 aromatic heterocycles. The molecule has 2 rings (SSSR count). The van der Waals surface area contributed by atoms with Crippen molar-refractivity contribution in [1.29, 1.82) is 0 Å². The Balaban J connectivity index is 0.00000264. The van der Waals surface area contributed by atoms with E-state index in [-0.39, 0.29) is 78.5 Å². The minimum absolute atomic E-state index is 0. The van der Waals surface area contributed by atoms with Crippen molar-refractivity contribution >= 4 is 17.5 Å². The fourth-order valence-electron chi connectivity index (χ4n) is 1.45. The van der Waals surface area contributed by atoms with Crippen molar-refractivity contribution < 1.29 is 69.0 Å². The van der Waals surface area contributed by atoms with Gasteiger partial charge in [0.2, 0.25) is 5.91 Å². The first-order valence-corrected chi connectivity index (χ1v) is 6.05. The number of carbonyl (C=O) groups is 1. The Bertz CT molecular complexity index is 719. The van der Waals surface area contributed by atoms with Gasteiger partial charge < -0.3 is 23.5 Å². The zero-order chi connectivity index (χ0) is 16.3. The predicted molar refractivity (Wildman–Crippen MR) is 69.5 cm³/mol. The van der Waals surface area contributed by atoms with Crippen LogP contribution in [0.4, 0.5) is 13.2 Å². The summed E-state index contributed by atoms with van der Waals surface area (Å²) in [7, 11) is 0. The normalized spacial score (nSPS) is 10.9. The zero-order valence-corrected chi connectivity index (χ0v) is 17.6. The third-order valence-corrected chi connectivity index (χ3v) is 2.82. The summed E-state index contributed by atoms with van der Waals surface area (Å²) in [6, 6.07) is 8.50. The summed E-state index contributed by atoms with van der Waals surface area (Å²) >= 11 is 5.73. The summed E-state index contributed by atoms with van der Waals surface area (Å²) < 4.78 is 45.0. The van der Waals surface area contributed by atoms with E-state index in [4.69, 9.17) is 13.0 Å². The molecule has 23 heavy (non-hydrogen) atoms. The van der Waals surface area contributed by atoms with Gasteiger partial charge in [0.15, 0.2) is 0 Å². The van der Waals surface area contributed by atoms with Crippen molar-refractivity contribution in [2.24, 2.45) is 0 Å². The van der Waals surface area contributed by atoms with E-state index < -0.39 is 17.6 Å². The summed E-state index contributed by atoms with van der Waals surface area (Å²) in [6.07, 6.45) is -3.89. The van der Waals surface area contributed by atoms with Gasteiger partial charge in [-0.1, -0.05) is 11.6 Å². The van der Waals surface area contributed by atoms with Crippen LogP contribution in [0.5, 0.6) is 0 Å². The Morgan fingerprint density at radius 2 is 2.17 bits per heavy atom. The molecule has 0 atom stereocenters. The van der Waals surface area contributed by atoms with E-state index in [9.17, 15) is 18.0 Å². The second-order valence-electron chi connectivity index (χ2n) is 3.95. The van der Waals surface area contributed by atoms with E-state index in [1.165, 1.54) is 12.1 Å².